The summed E-state index contributed by atoms with van der Waals surface area (Å²) in [5.74, 6) is -0.712. The summed E-state index contributed by atoms with van der Waals surface area (Å²) in [6.45, 7) is 4.36. The van der Waals surface area contributed by atoms with E-state index in [0.717, 1.165) is 22.2 Å². The minimum Gasteiger partial charge on any atom is -0.485 e. The fourth-order valence-electron chi connectivity index (χ4n) is 7.14. The van der Waals surface area contributed by atoms with E-state index < -0.39 is 35.8 Å². The van der Waals surface area contributed by atoms with Gasteiger partial charge in [0.25, 0.3) is 17.5 Å². The van der Waals surface area contributed by atoms with E-state index in [2.05, 4.69) is 25.4 Å². The molecule has 0 radical (unpaired) electrons. The fourth-order valence-corrected chi connectivity index (χ4v) is 7.37. The number of piperazine rings is 1. The molecular weight excluding hydrogens is 803 g/mol. The zero-order valence-corrected chi connectivity index (χ0v) is 32.7. The van der Waals surface area contributed by atoms with Crippen molar-refractivity contribution in [2.75, 3.05) is 54.4 Å². The van der Waals surface area contributed by atoms with Crippen LogP contribution in [-0.4, -0.2) is 85.1 Å². The molecule has 0 bridgehead atoms. The molecule has 0 spiro atoms. The number of carbonyl (C=O) groups is 2. The standard InChI is InChI=1S/C39H38ClF5N10O4/c1-3-29-32(51-15-17-52(18-16-51)35(57)31-33(23(2)46-22-47-31)59-21-24-7-5-4-6-8-24)36(58)55-38(49-37(50-55)53-13-11-25(12-14-53)34(41)42)54(29)20-30(56)48-28-10-9-26(19-27(28)40)39(43,44)45/h4-10,19,22H,3,11-18,20-21H2,1-2H3,(H,48,56). The van der Waals surface area contributed by atoms with Crippen LogP contribution in [0.2, 0.25) is 5.02 Å². The van der Waals surface area contributed by atoms with E-state index in [-0.39, 0.29) is 116 Å². The number of hydrogen-bond acceptors (Lipinski definition) is 10. The summed E-state index contributed by atoms with van der Waals surface area (Å²) in [7, 11) is 0. The quantitative estimate of drug-likeness (QED) is 0.163. The molecule has 7 rings (SSSR count). The molecule has 0 unspecified atom stereocenters. The van der Waals surface area contributed by atoms with Crippen molar-refractivity contribution in [3.8, 4) is 5.75 Å². The van der Waals surface area contributed by atoms with Gasteiger partial charge in [-0.3, -0.25) is 14.4 Å². The molecule has 5 heterocycles. The minimum absolute atomic E-state index is 0.00625. The maximum atomic E-state index is 14.4. The number of nitrogens with one attached hydrogen (secondary N) is 1. The molecule has 0 aliphatic carbocycles. The number of aryl methyl sites for hydroxylation is 1. The molecule has 14 nitrogen and oxygen atoms in total. The maximum Gasteiger partial charge on any atom is 0.416 e. The van der Waals surface area contributed by atoms with Crippen LogP contribution in [0.5, 0.6) is 5.75 Å². The first-order valence-corrected chi connectivity index (χ1v) is 19.1. The largest absolute Gasteiger partial charge is 0.485 e. The molecule has 310 valence electrons. The van der Waals surface area contributed by atoms with Gasteiger partial charge in [-0.1, -0.05) is 48.9 Å². The molecule has 2 amide bonds. The second-order valence-electron chi connectivity index (χ2n) is 13.9. The van der Waals surface area contributed by atoms with Crippen molar-refractivity contribution >= 4 is 46.5 Å². The molecule has 0 saturated carbocycles. The normalized spacial score (nSPS) is 14.8. The number of rotatable bonds is 10. The number of halogens is 6. The van der Waals surface area contributed by atoms with Crippen LogP contribution in [0.25, 0.3) is 5.78 Å². The number of alkyl halides is 3. The van der Waals surface area contributed by atoms with E-state index in [9.17, 15) is 36.3 Å². The number of carbonyl (C=O) groups excluding carboxylic acids is 2. The molecule has 3 aromatic heterocycles. The van der Waals surface area contributed by atoms with Gasteiger partial charge in [-0.25, -0.2) is 9.97 Å². The van der Waals surface area contributed by atoms with Crippen LogP contribution in [-0.2, 0) is 30.5 Å². The van der Waals surface area contributed by atoms with Gasteiger partial charge >= 0.3 is 6.18 Å². The van der Waals surface area contributed by atoms with Crippen LogP contribution in [0.15, 0.2) is 71.3 Å². The Balaban J connectivity index is 1.18. The second-order valence-corrected chi connectivity index (χ2v) is 14.4. The van der Waals surface area contributed by atoms with E-state index in [1.807, 2.05) is 30.3 Å². The molecule has 2 aromatic carbocycles. The van der Waals surface area contributed by atoms with Gasteiger partial charge in [0.05, 0.1) is 27.7 Å². The number of benzene rings is 2. The van der Waals surface area contributed by atoms with E-state index in [1.54, 1.807) is 28.5 Å². The Hall–Kier alpha value is -6.11. The number of amides is 2. The first kappa shape index (κ1) is 41.1. The Morgan fingerprint density at radius 2 is 1.66 bits per heavy atom. The molecule has 2 aliphatic heterocycles. The summed E-state index contributed by atoms with van der Waals surface area (Å²) in [6.07, 6.45) is -4.70. The summed E-state index contributed by atoms with van der Waals surface area (Å²) in [5, 5.41) is 6.71. The van der Waals surface area contributed by atoms with Crippen molar-refractivity contribution < 1.29 is 36.3 Å². The highest BCUT2D eigenvalue weighted by Crippen LogP contribution is 2.34. The van der Waals surface area contributed by atoms with Crippen LogP contribution < -0.4 is 25.4 Å². The fraction of sp³-hybridized carbons (Fsp3) is 0.359. The van der Waals surface area contributed by atoms with Gasteiger partial charge in [-0.15, -0.1) is 5.10 Å². The Morgan fingerprint density at radius 3 is 2.31 bits per heavy atom. The van der Waals surface area contributed by atoms with Gasteiger partial charge in [0.15, 0.2) is 11.4 Å². The Labute approximate surface area is 338 Å². The average molecular weight is 841 g/mol. The van der Waals surface area contributed by atoms with Crippen molar-refractivity contribution in [1.29, 1.82) is 0 Å². The van der Waals surface area contributed by atoms with Crippen molar-refractivity contribution in [3.63, 3.8) is 0 Å². The number of nitrogens with zero attached hydrogens (tertiary/aromatic N) is 9. The lowest BCUT2D eigenvalue weighted by molar-refractivity contribution is -0.137. The SMILES string of the molecule is CCc1c(N2CCN(C(=O)c3ncnc(C)c3OCc3ccccc3)CC2)c(=O)n2nc(N3CCC(=C(F)F)CC3)nc2n1CC(=O)Nc1ccc(C(F)(F)F)cc1Cl. The predicted molar refractivity (Wildman–Crippen MR) is 208 cm³/mol. The summed E-state index contributed by atoms with van der Waals surface area (Å²) >= 11 is 6.14. The maximum absolute atomic E-state index is 14.4. The van der Waals surface area contributed by atoms with Crippen LogP contribution in [0.3, 0.4) is 0 Å². The lowest BCUT2D eigenvalue weighted by atomic mass is 10.1. The molecule has 2 aliphatic rings. The number of fused-ring (bicyclic) bond motifs is 1. The molecule has 5 aromatic rings. The highest BCUT2D eigenvalue weighted by molar-refractivity contribution is 6.33. The summed E-state index contributed by atoms with van der Waals surface area (Å²) < 4.78 is 75.1. The second kappa shape index (κ2) is 17.0. The monoisotopic (exact) mass is 840 g/mol. The number of ether oxygens (including phenoxy) is 1. The highest BCUT2D eigenvalue weighted by atomic mass is 35.5. The van der Waals surface area contributed by atoms with E-state index in [4.69, 9.17) is 16.3 Å². The van der Waals surface area contributed by atoms with E-state index in [1.165, 1.54) is 10.9 Å². The van der Waals surface area contributed by atoms with Crippen LogP contribution in [0, 0.1) is 6.92 Å². The summed E-state index contributed by atoms with van der Waals surface area (Å²) in [6, 6.07) is 12.0. The number of anilines is 3. The third-order valence-electron chi connectivity index (χ3n) is 10.2. The lowest BCUT2D eigenvalue weighted by Gasteiger charge is -2.36. The third-order valence-corrected chi connectivity index (χ3v) is 10.5. The van der Waals surface area contributed by atoms with E-state index in [0.29, 0.717) is 17.5 Å². The molecule has 59 heavy (non-hydrogen) atoms. The number of piperidine rings is 1. The van der Waals surface area contributed by atoms with Crippen LogP contribution >= 0.6 is 11.6 Å². The number of hydrogen-bond donors (Lipinski definition) is 1. The average Bonchev–Trinajstić information content (AvgIpc) is 3.68. The topological polar surface area (TPSA) is 143 Å². The first-order chi connectivity index (χ1) is 28.2. The predicted octanol–water partition coefficient (Wildman–Crippen LogP) is 6.15. The van der Waals surface area contributed by atoms with Crippen LogP contribution in [0.1, 0.15) is 52.8 Å². The smallest absolute Gasteiger partial charge is 0.416 e. The molecular formula is C39H38ClF5N10O4. The molecule has 2 saturated heterocycles. The Morgan fingerprint density at radius 1 is 0.949 bits per heavy atom. The molecule has 20 heteroatoms. The van der Waals surface area contributed by atoms with Crippen molar-refractivity contribution in [3.05, 3.63) is 110 Å². The minimum atomic E-state index is -4.65. The summed E-state index contributed by atoms with van der Waals surface area (Å²) in [4.78, 5) is 60.1. The number of aromatic nitrogens is 6. The Kier molecular flexibility index (Phi) is 11.8. The van der Waals surface area contributed by atoms with Crippen molar-refractivity contribution in [2.24, 2.45) is 0 Å². The third kappa shape index (κ3) is 8.69. The zero-order chi connectivity index (χ0) is 42.0. The molecule has 0 atom stereocenters. The van der Waals surface area contributed by atoms with E-state index >= 15 is 0 Å². The van der Waals surface area contributed by atoms with Crippen molar-refractivity contribution in [2.45, 2.75) is 52.4 Å². The van der Waals surface area contributed by atoms with Gasteiger partial charge in [0, 0.05) is 39.3 Å². The molecule has 2 fully saturated rings. The van der Waals surface area contributed by atoms with Crippen molar-refractivity contribution in [1.82, 2.24) is 34.0 Å². The molecule has 1 N–H and O–H groups in total. The van der Waals surface area contributed by atoms with Gasteiger partial charge in [0.2, 0.25) is 17.6 Å². The van der Waals surface area contributed by atoms with Crippen LogP contribution in [0.4, 0.5) is 39.3 Å². The van der Waals surface area contributed by atoms with Gasteiger partial charge in [-0.05, 0) is 55.5 Å². The van der Waals surface area contributed by atoms with Gasteiger partial charge < -0.3 is 29.3 Å². The van der Waals surface area contributed by atoms with Gasteiger partial charge in [0.1, 0.15) is 25.2 Å². The lowest BCUT2D eigenvalue weighted by Crippen LogP contribution is -2.51. The zero-order valence-electron chi connectivity index (χ0n) is 31.9. The first-order valence-electron chi connectivity index (χ1n) is 18.7. The van der Waals surface area contributed by atoms with Gasteiger partial charge in [-0.2, -0.15) is 31.5 Å². The highest BCUT2D eigenvalue weighted by Gasteiger charge is 2.33. The Bertz CT molecular complexity index is 2470. The summed E-state index contributed by atoms with van der Waals surface area (Å²) in [5.41, 5.74) is 0.529.